The lowest BCUT2D eigenvalue weighted by molar-refractivity contribution is -0.0765. The van der Waals surface area contributed by atoms with Gasteiger partial charge in [0.1, 0.15) is 11.5 Å². The summed E-state index contributed by atoms with van der Waals surface area (Å²) in [4.78, 5) is 18.0. The van der Waals surface area contributed by atoms with Crippen LogP contribution in [0.5, 0.6) is 0 Å². The van der Waals surface area contributed by atoms with Gasteiger partial charge in [0.05, 0.1) is 12.2 Å². The Kier molecular flexibility index (Phi) is 3.02. The van der Waals surface area contributed by atoms with Crippen molar-refractivity contribution in [2.24, 2.45) is 0 Å². The zero-order valence-corrected chi connectivity index (χ0v) is 10.1. The number of anilines is 1. The minimum atomic E-state index is -0.297. The molecule has 2 heterocycles. The molecule has 2 N–H and O–H groups in total. The fourth-order valence-corrected chi connectivity index (χ4v) is 1.92. The van der Waals surface area contributed by atoms with Crippen LogP contribution in [-0.4, -0.2) is 41.1 Å². The van der Waals surface area contributed by atoms with Gasteiger partial charge in [-0.15, -0.1) is 0 Å². The van der Waals surface area contributed by atoms with Gasteiger partial charge in [0, 0.05) is 13.1 Å². The van der Waals surface area contributed by atoms with Crippen LogP contribution in [0.15, 0.2) is 18.2 Å². The molecule has 1 aliphatic heterocycles. The second-order valence-electron chi connectivity index (χ2n) is 4.78. The smallest absolute Gasteiger partial charge is 0.272 e. The second-order valence-corrected chi connectivity index (χ2v) is 4.78. The lowest BCUT2D eigenvalue weighted by Crippen LogP contribution is -2.50. The Hall–Kier alpha value is -1.62. The Labute approximate surface area is 101 Å². The third kappa shape index (κ3) is 2.74. The highest BCUT2D eigenvalue weighted by Crippen LogP contribution is 2.18. The van der Waals surface area contributed by atoms with E-state index in [2.05, 4.69) is 4.98 Å². The van der Waals surface area contributed by atoms with Gasteiger partial charge in [-0.25, -0.2) is 4.98 Å². The number of hydrogen-bond acceptors (Lipinski definition) is 4. The number of pyridine rings is 1. The van der Waals surface area contributed by atoms with Crippen molar-refractivity contribution in [1.29, 1.82) is 0 Å². The lowest BCUT2D eigenvalue weighted by Gasteiger charge is -2.37. The standard InChI is InChI=1S/C12H17N3O2/c1-12(2)8-15(6-7-17-12)11(16)9-4-3-5-10(13)14-9/h3-5H,6-8H2,1-2H3,(H2,13,14). The topological polar surface area (TPSA) is 68.5 Å². The number of nitrogens with two attached hydrogens (primary N) is 1. The predicted octanol–water partition coefficient (Wildman–Crippen LogP) is 0.915. The number of hydrogen-bond donors (Lipinski definition) is 1. The van der Waals surface area contributed by atoms with E-state index >= 15 is 0 Å². The predicted molar refractivity (Wildman–Crippen MR) is 64.6 cm³/mol. The molecule has 0 unspecified atom stereocenters. The molecule has 1 aromatic heterocycles. The quantitative estimate of drug-likeness (QED) is 0.785. The first kappa shape index (κ1) is 11.9. The van der Waals surface area contributed by atoms with Crippen LogP contribution in [0.25, 0.3) is 0 Å². The molecule has 5 nitrogen and oxygen atoms in total. The van der Waals surface area contributed by atoms with Gasteiger partial charge in [-0.2, -0.15) is 0 Å². The van der Waals surface area contributed by atoms with E-state index in [0.717, 1.165) is 0 Å². The van der Waals surface area contributed by atoms with Gasteiger partial charge in [-0.3, -0.25) is 4.79 Å². The van der Waals surface area contributed by atoms with E-state index in [1.807, 2.05) is 13.8 Å². The number of nitrogens with zero attached hydrogens (tertiary/aromatic N) is 2. The maximum absolute atomic E-state index is 12.2. The van der Waals surface area contributed by atoms with E-state index in [-0.39, 0.29) is 11.5 Å². The Morgan fingerprint density at radius 3 is 2.94 bits per heavy atom. The van der Waals surface area contributed by atoms with Crippen molar-refractivity contribution in [3.63, 3.8) is 0 Å². The minimum Gasteiger partial charge on any atom is -0.384 e. The molecular formula is C12H17N3O2. The van der Waals surface area contributed by atoms with Crippen molar-refractivity contribution >= 4 is 11.7 Å². The molecule has 0 saturated carbocycles. The van der Waals surface area contributed by atoms with E-state index in [1.54, 1.807) is 23.1 Å². The number of amides is 1. The summed E-state index contributed by atoms with van der Waals surface area (Å²) in [6.45, 7) is 5.67. The molecule has 0 atom stereocenters. The highest BCUT2D eigenvalue weighted by molar-refractivity contribution is 5.92. The fraction of sp³-hybridized carbons (Fsp3) is 0.500. The first-order valence-electron chi connectivity index (χ1n) is 5.64. The summed E-state index contributed by atoms with van der Waals surface area (Å²) in [7, 11) is 0. The number of carbonyl (C=O) groups excluding carboxylic acids is 1. The molecule has 1 amide bonds. The van der Waals surface area contributed by atoms with Crippen LogP contribution in [0.3, 0.4) is 0 Å². The van der Waals surface area contributed by atoms with E-state index in [0.29, 0.717) is 31.2 Å². The molecule has 1 saturated heterocycles. The average molecular weight is 235 g/mol. The van der Waals surface area contributed by atoms with Crippen LogP contribution in [0.2, 0.25) is 0 Å². The van der Waals surface area contributed by atoms with Gasteiger partial charge in [-0.1, -0.05) is 6.07 Å². The number of rotatable bonds is 1. The van der Waals surface area contributed by atoms with E-state index in [4.69, 9.17) is 10.5 Å². The van der Waals surface area contributed by atoms with Gasteiger partial charge in [0.25, 0.3) is 5.91 Å². The molecule has 17 heavy (non-hydrogen) atoms. The molecule has 0 bridgehead atoms. The van der Waals surface area contributed by atoms with Gasteiger partial charge in [-0.05, 0) is 26.0 Å². The molecule has 0 spiro atoms. The molecule has 2 rings (SSSR count). The average Bonchev–Trinajstić information content (AvgIpc) is 2.26. The molecule has 0 aliphatic carbocycles. The van der Waals surface area contributed by atoms with Gasteiger partial charge >= 0.3 is 0 Å². The van der Waals surface area contributed by atoms with Crippen LogP contribution in [0, 0.1) is 0 Å². The van der Waals surface area contributed by atoms with Crippen LogP contribution in [0.1, 0.15) is 24.3 Å². The third-order valence-electron chi connectivity index (χ3n) is 2.70. The Morgan fingerprint density at radius 2 is 2.29 bits per heavy atom. The maximum Gasteiger partial charge on any atom is 0.272 e. The summed E-state index contributed by atoms with van der Waals surface area (Å²) in [5.74, 6) is 0.275. The van der Waals surface area contributed by atoms with E-state index < -0.39 is 0 Å². The molecule has 0 aromatic carbocycles. The van der Waals surface area contributed by atoms with E-state index in [1.165, 1.54) is 0 Å². The van der Waals surface area contributed by atoms with Crippen molar-refractivity contribution in [3.05, 3.63) is 23.9 Å². The zero-order chi connectivity index (χ0) is 12.5. The first-order chi connectivity index (χ1) is 7.98. The van der Waals surface area contributed by atoms with E-state index in [9.17, 15) is 4.79 Å². The maximum atomic E-state index is 12.2. The highest BCUT2D eigenvalue weighted by atomic mass is 16.5. The summed E-state index contributed by atoms with van der Waals surface area (Å²) in [5.41, 5.74) is 5.67. The number of ether oxygens (including phenoxy) is 1. The SMILES string of the molecule is CC1(C)CN(C(=O)c2cccc(N)n2)CCO1. The normalized spacial score (nSPS) is 19.1. The summed E-state index contributed by atoms with van der Waals surface area (Å²) in [5, 5.41) is 0. The summed E-state index contributed by atoms with van der Waals surface area (Å²) in [6.07, 6.45) is 0. The lowest BCUT2D eigenvalue weighted by atomic mass is 10.1. The van der Waals surface area contributed by atoms with Crippen molar-refractivity contribution in [1.82, 2.24) is 9.88 Å². The molecule has 1 aliphatic rings. The van der Waals surface area contributed by atoms with Crippen molar-refractivity contribution in [3.8, 4) is 0 Å². The molecule has 1 fully saturated rings. The van der Waals surface area contributed by atoms with Crippen molar-refractivity contribution in [2.45, 2.75) is 19.4 Å². The van der Waals surface area contributed by atoms with Gasteiger partial charge in [0.15, 0.2) is 0 Å². The number of nitrogen functional groups attached to an aromatic ring is 1. The molecular weight excluding hydrogens is 218 g/mol. The largest absolute Gasteiger partial charge is 0.384 e. The van der Waals surface area contributed by atoms with Crippen molar-refractivity contribution < 1.29 is 9.53 Å². The second kappa shape index (κ2) is 4.33. The summed E-state index contributed by atoms with van der Waals surface area (Å²) in [6, 6.07) is 5.09. The van der Waals surface area contributed by atoms with Crippen LogP contribution in [0.4, 0.5) is 5.82 Å². The molecule has 0 radical (unpaired) electrons. The third-order valence-corrected chi connectivity index (χ3v) is 2.70. The summed E-state index contributed by atoms with van der Waals surface area (Å²) < 4.78 is 5.57. The van der Waals surface area contributed by atoms with Gasteiger partial charge in [0.2, 0.25) is 0 Å². The van der Waals surface area contributed by atoms with Crippen molar-refractivity contribution in [2.75, 3.05) is 25.4 Å². The highest BCUT2D eigenvalue weighted by Gasteiger charge is 2.30. The molecule has 1 aromatic rings. The Morgan fingerprint density at radius 1 is 1.53 bits per heavy atom. The zero-order valence-electron chi connectivity index (χ0n) is 10.1. The number of carbonyl (C=O) groups is 1. The Balaban J connectivity index is 2.15. The number of aromatic nitrogens is 1. The van der Waals surface area contributed by atoms with Gasteiger partial charge < -0.3 is 15.4 Å². The van der Waals surface area contributed by atoms with Crippen LogP contribution >= 0.6 is 0 Å². The Bertz CT molecular complexity index is 432. The van der Waals surface area contributed by atoms with Crippen LogP contribution < -0.4 is 5.73 Å². The fourth-order valence-electron chi connectivity index (χ4n) is 1.92. The minimum absolute atomic E-state index is 0.0892. The first-order valence-corrected chi connectivity index (χ1v) is 5.64. The number of morpholine rings is 1. The molecule has 92 valence electrons. The monoisotopic (exact) mass is 235 g/mol. The summed E-state index contributed by atoms with van der Waals surface area (Å²) >= 11 is 0. The van der Waals surface area contributed by atoms with Crippen LogP contribution in [-0.2, 0) is 4.74 Å². The molecule has 5 heteroatoms.